The lowest BCUT2D eigenvalue weighted by molar-refractivity contribution is -0.121. The van der Waals surface area contributed by atoms with E-state index in [2.05, 4.69) is 15.4 Å². The normalized spacial score (nSPS) is 16.8. The van der Waals surface area contributed by atoms with Crippen LogP contribution < -0.4 is 11.1 Å². The molecule has 1 aliphatic rings. The molecule has 3 rings (SSSR count). The van der Waals surface area contributed by atoms with Gasteiger partial charge < -0.3 is 11.1 Å². The maximum absolute atomic E-state index is 12.3. The van der Waals surface area contributed by atoms with Crippen LogP contribution >= 0.6 is 0 Å². The van der Waals surface area contributed by atoms with Gasteiger partial charge in [-0.2, -0.15) is 5.10 Å². The molecule has 3 N–H and O–H groups in total. The minimum atomic E-state index is -0.706. The number of benzene rings is 1. The second-order valence-corrected chi connectivity index (χ2v) is 5.61. The van der Waals surface area contributed by atoms with E-state index in [0.29, 0.717) is 6.54 Å². The van der Waals surface area contributed by atoms with Crippen LogP contribution in [0, 0.1) is 0 Å². The van der Waals surface area contributed by atoms with Gasteiger partial charge in [-0.25, -0.2) is 9.67 Å². The Balaban J connectivity index is 1.69. The van der Waals surface area contributed by atoms with Crippen LogP contribution in [0.2, 0.25) is 0 Å². The van der Waals surface area contributed by atoms with E-state index < -0.39 is 5.54 Å². The molecule has 0 saturated heterocycles. The summed E-state index contributed by atoms with van der Waals surface area (Å²) in [5.74, 6) is -0.0853. The molecule has 1 amide bonds. The van der Waals surface area contributed by atoms with Gasteiger partial charge in [0.05, 0.1) is 12.1 Å². The first-order valence-corrected chi connectivity index (χ1v) is 7.17. The molecule has 2 aromatic rings. The minimum absolute atomic E-state index is 0.0853. The maximum atomic E-state index is 12.3. The van der Waals surface area contributed by atoms with Gasteiger partial charge in [-0.3, -0.25) is 4.79 Å². The van der Waals surface area contributed by atoms with Gasteiger partial charge in [0.1, 0.15) is 12.7 Å². The summed E-state index contributed by atoms with van der Waals surface area (Å²) >= 11 is 0. The Kier molecular flexibility index (Phi) is 3.70. The maximum Gasteiger partial charge on any atom is 0.244 e. The number of carbonyl (C=O) groups excluding carboxylic acids is 1. The van der Waals surface area contributed by atoms with Crippen molar-refractivity contribution < 1.29 is 4.79 Å². The van der Waals surface area contributed by atoms with E-state index in [9.17, 15) is 4.79 Å². The lowest BCUT2D eigenvalue weighted by Gasteiger charge is -2.22. The van der Waals surface area contributed by atoms with Crippen LogP contribution in [0.5, 0.6) is 0 Å². The van der Waals surface area contributed by atoms with E-state index in [-0.39, 0.29) is 5.91 Å². The fraction of sp³-hybridized carbons (Fsp3) is 0.400. The lowest BCUT2D eigenvalue weighted by atomic mass is 9.98. The standard InChI is InChI=1S/C15H19N5O/c16-15(6-1-2-7-15)14(21)19-13-5-3-4-12(8-13)9-20-11-17-10-18-20/h3-5,8,10-11H,1-2,6-7,9,16H2,(H,19,21). The van der Waals surface area contributed by atoms with E-state index in [1.165, 1.54) is 6.33 Å². The van der Waals surface area contributed by atoms with E-state index in [4.69, 9.17) is 5.73 Å². The molecule has 1 fully saturated rings. The second kappa shape index (κ2) is 5.65. The summed E-state index contributed by atoms with van der Waals surface area (Å²) in [5.41, 5.74) is 7.28. The smallest absolute Gasteiger partial charge is 0.244 e. The van der Waals surface area contributed by atoms with Crippen LogP contribution in [-0.2, 0) is 11.3 Å². The monoisotopic (exact) mass is 285 g/mol. The van der Waals surface area contributed by atoms with Crippen LogP contribution in [0.1, 0.15) is 31.2 Å². The Labute approximate surface area is 123 Å². The molecule has 0 radical (unpaired) electrons. The second-order valence-electron chi connectivity index (χ2n) is 5.61. The highest BCUT2D eigenvalue weighted by molar-refractivity contribution is 5.98. The van der Waals surface area contributed by atoms with Crippen molar-refractivity contribution in [1.82, 2.24) is 14.8 Å². The first kappa shape index (κ1) is 13.8. The fourth-order valence-electron chi connectivity index (χ4n) is 2.74. The number of carbonyl (C=O) groups is 1. The number of nitrogens with two attached hydrogens (primary N) is 1. The van der Waals surface area contributed by atoms with Gasteiger partial charge in [-0.1, -0.05) is 25.0 Å². The van der Waals surface area contributed by atoms with Crippen LogP contribution in [0.3, 0.4) is 0 Å². The van der Waals surface area contributed by atoms with Gasteiger partial charge in [-0.05, 0) is 30.5 Å². The highest BCUT2D eigenvalue weighted by Gasteiger charge is 2.36. The summed E-state index contributed by atoms with van der Waals surface area (Å²) in [6.45, 7) is 0.622. The van der Waals surface area contributed by atoms with Crippen LogP contribution in [-0.4, -0.2) is 26.2 Å². The van der Waals surface area contributed by atoms with Crippen molar-refractivity contribution >= 4 is 11.6 Å². The molecule has 0 atom stereocenters. The number of amides is 1. The number of aromatic nitrogens is 3. The van der Waals surface area contributed by atoms with Gasteiger partial charge in [0.2, 0.25) is 5.91 Å². The van der Waals surface area contributed by atoms with Crippen LogP contribution in [0.25, 0.3) is 0 Å². The van der Waals surface area contributed by atoms with E-state index >= 15 is 0 Å². The quantitative estimate of drug-likeness (QED) is 0.892. The third-order valence-corrected chi connectivity index (χ3v) is 3.94. The first-order valence-electron chi connectivity index (χ1n) is 7.17. The molecule has 1 aliphatic carbocycles. The molecular weight excluding hydrogens is 266 g/mol. The molecule has 1 heterocycles. The molecule has 0 spiro atoms. The van der Waals surface area contributed by atoms with Gasteiger partial charge in [0, 0.05) is 5.69 Å². The molecular formula is C15H19N5O. The van der Waals surface area contributed by atoms with Gasteiger partial charge in [-0.15, -0.1) is 0 Å². The average molecular weight is 285 g/mol. The molecule has 0 aliphatic heterocycles. The topological polar surface area (TPSA) is 85.8 Å². The largest absolute Gasteiger partial charge is 0.324 e. The number of nitrogens with one attached hydrogen (secondary N) is 1. The molecule has 1 aromatic carbocycles. The van der Waals surface area contributed by atoms with Crippen LogP contribution in [0.15, 0.2) is 36.9 Å². The van der Waals surface area contributed by atoms with Crippen molar-refractivity contribution in [2.24, 2.45) is 5.73 Å². The van der Waals surface area contributed by atoms with Crippen molar-refractivity contribution in [3.8, 4) is 0 Å². The predicted molar refractivity (Wildman–Crippen MR) is 79.6 cm³/mol. The Hall–Kier alpha value is -2.21. The SMILES string of the molecule is NC1(C(=O)Nc2cccc(Cn3cncn3)c2)CCCC1. The number of hydrogen-bond donors (Lipinski definition) is 2. The Bertz CT molecular complexity index is 617. The third kappa shape index (κ3) is 3.11. The zero-order valence-electron chi connectivity index (χ0n) is 11.8. The molecule has 0 unspecified atom stereocenters. The van der Waals surface area contributed by atoms with E-state index in [1.807, 2.05) is 24.3 Å². The number of anilines is 1. The highest BCUT2D eigenvalue weighted by atomic mass is 16.2. The van der Waals surface area contributed by atoms with Crippen molar-refractivity contribution in [3.05, 3.63) is 42.5 Å². The Morgan fingerprint density at radius 1 is 1.38 bits per heavy atom. The molecule has 6 nitrogen and oxygen atoms in total. The summed E-state index contributed by atoms with van der Waals surface area (Å²) in [4.78, 5) is 16.2. The lowest BCUT2D eigenvalue weighted by Crippen LogP contribution is -2.48. The highest BCUT2D eigenvalue weighted by Crippen LogP contribution is 2.28. The molecule has 1 aromatic heterocycles. The van der Waals surface area contributed by atoms with Crippen molar-refractivity contribution in [2.75, 3.05) is 5.32 Å². The number of hydrogen-bond acceptors (Lipinski definition) is 4. The summed E-state index contributed by atoms with van der Waals surface area (Å²) < 4.78 is 1.74. The first-order chi connectivity index (χ1) is 10.2. The van der Waals surface area contributed by atoms with Gasteiger partial charge in [0.25, 0.3) is 0 Å². The predicted octanol–water partition coefficient (Wildman–Crippen LogP) is 1.54. The number of rotatable bonds is 4. The van der Waals surface area contributed by atoms with E-state index in [0.717, 1.165) is 36.9 Å². The summed E-state index contributed by atoms with van der Waals surface area (Å²) in [7, 11) is 0. The zero-order chi connectivity index (χ0) is 14.7. The Morgan fingerprint density at radius 3 is 2.90 bits per heavy atom. The third-order valence-electron chi connectivity index (χ3n) is 3.94. The minimum Gasteiger partial charge on any atom is -0.324 e. The molecule has 21 heavy (non-hydrogen) atoms. The van der Waals surface area contributed by atoms with E-state index in [1.54, 1.807) is 11.0 Å². The van der Waals surface area contributed by atoms with Crippen molar-refractivity contribution in [2.45, 2.75) is 37.8 Å². The summed E-state index contributed by atoms with van der Waals surface area (Å²) in [6, 6.07) is 7.73. The van der Waals surface area contributed by atoms with Gasteiger partial charge in [0.15, 0.2) is 0 Å². The molecule has 0 bridgehead atoms. The number of nitrogens with zero attached hydrogens (tertiary/aromatic N) is 3. The van der Waals surface area contributed by atoms with Crippen molar-refractivity contribution in [1.29, 1.82) is 0 Å². The zero-order valence-corrected chi connectivity index (χ0v) is 11.8. The summed E-state index contributed by atoms with van der Waals surface area (Å²) in [6.07, 6.45) is 6.74. The Morgan fingerprint density at radius 2 is 2.19 bits per heavy atom. The fourth-order valence-corrected chi connectivity index (χ4v) is 2.74. The average Bonchev–Trinajstić information content (AvgIpc) is 3.12. The molecule has 6 heteroatoms. The van der Waals surface area contributed by atoms with Gasteiger partial charge >= 0.3 is 0 Å². The van der Waals surface area contributed by atoms with Crippen LogP contribution in [0.4, 0.5) is 5.69 Å². The molecule has 110 valence electrons. The van der Waals surface area contributed by atoms with Crippen molar-refractivity contribution in [3.63, 3.8) is 0 Å². The molecule has 1 saturated carbocycles. The summed E-state index contributed by atoms with van der Waals surface area (Å²) in [5, 5.41) is 7.01.